The summed E-state index contributed by atoms with van der Waals surface area (Å²) in [5.41, 5.74) is 0.413. The number of aromatic amines is 1. The third kappa shape index (κ3) is 4.03. The minimum absolute atomic E-state index is 0.0465. The molecule has 0 saturated carbocycles. The van der Waals surface area contributed by atoms with Gasteiger partial charge in [0, 0.05) is 5.56 Å². The van der Waals surface area contributed by atoms with Gasteiger partial charge in [-0.3, -0.25) is 9.59 Å². The Balaban J connectivity index is 2.43. The Kier molecular flexibility index (Phi) is 6.15. The predicted octanol–water partition coefficient (Wildman–Crippen LogP) is 2.74. The van der Waals surface area contributed by atoms with Gasteiger partial charge in [-0.2, -0.15) is 5.26 Å². The van der Waals surface area contributed by atoms with Gasteiger partial charge in [-0.1, -0.05) is 49.0 Å². The highest BCUT2D eigenvalue weighted by molar-refractivity contribution is 8.00. The van der Waals surface area contributed by atoms with E-state index in [1.54, 1.807) is 31.2 Å². The number of nitrogens with zero attached hydrogens (tertiary/aromatic N) is 2. The van der Waals surface area contributed by atoms with Gasteiger partial charge >= 0.3 is 5.97 Å². The molecule has 0 aliphatic heterocycles. The molecule has 2 rings (SSSR count). The number of hydrogen-bond acceptors (Lipinski definition) is 6. The highest BCUT2D eigenvalue weighted by atomic mass is 32.2. The number of esters is 1. The van der Waals surface area contributed by atoms with E-state index in [2.05, 4.69) is 9.97 Å². The summed E-state index contributed by atoms with van der Waals surface area (Å²) in [6, 6.07) is 10.9. The maximum Gasteiger partial charge on any atom is 0.319 e. The summed E-state index contributed by atoms with van der Waals surface area (Å²) in [7, 11) is 0. The normalized spacial score (nSPS) is 11.5. The average molecular weight is 343 g/mol. The van der Waals surface area contributed by atoms with Crippen LogP contribution >= 0.6 is 11.8 Å². The highest BCUT2D eigenvalue weighted by Gasteiger charge is 2.22. The van der Waals surface area contributed by atoms with Crippen molar-refractivity contribution in [3.63, 3.8) is 0 Å². The van der Waals surface area contributed by atoms with Crippen molar-refractivity contribution < 1.29 is 9.53 Å². The molecule has 1 N–H and O–H groups in total. The fourth-order valence-corrected chi connectivity index (χ4v) is 2.98. The molecule has 1 atom stereocenters. The Labute approximate surface area is 143 Å². The van der Waals surface area contributed by atoms with Gasteiger partial charge in [-0.05, 0) is 13.3 Å². The number of H-pyrrole nitrogens is 1. The Morgan fingerprint density at radius 3 is 2.67 bits per heavy atom. The molecule has 24 heavy (non-hydrogen) atoms. The van der Waals surface area contributed by atoms with E-state index in [0.29, 0.717) is 24.3 Å². The number of benzene rings is 1. The summed E-state index contributed by atoms with van der Waals surface area (Å²) in [6.45, 7) is 3.89. The second kappa shape index (κ2) is 8.31. The number of ether oxygens (including phenoxy) is 1. The van der Waals surface area contributed by atoms with Crippen molar-refractivity contribution in [2.45, 2.75) is 30.7 Å². The zero-order chi connectivity index (χ0) is 17.5. The van der Waals surface area contributed by atoms with Crippen molar-refractivity contribution in [1.82, 2.24) is 9.97 Å². The van der Waals surface area contributed by atoms with Gasteiger partial charge in [0.25, 0.3) is 5.56 Å². The Hall–Kier alpha value is -2.59. The molecular formula is C17H17N3O3S. The van der Waals surface area contributed by atoms with Crippen LogP contribution in [0.25, 0.3) is 11.3 Å². The molecule has 2 aromatic rings. The number of thioether (sulfide) groups is 1. The number of aromatic nitrogens is 2. The molecular weight excluding hydrogens is 326 g/mol. The van der Waals surface area contributed by atoms with Crippen LogP contribution in [-0.4, -0.2) is 27.8 Å². The van der Waals surface area contributed by atoms with Crippen molar-refractivity contribution in [2.24, 2.45) is 0 Å². The molecule has 0 radical (unpaired) electrons. The van der Waals surface area contributed by atoms with Gasteiger partial charge in [-0.15, -0.1) is 0 Å². The quantitative estimate of drug-likeness (QED) is 0.492. The monoisotopic (exact) mass is 343 g/mol. The van der Waals surface area contributed by atoms with Gasteiger partial charge in [0.05, 0.1) is 12.3 Å². The van der Waals surface area contributed by atoms with Crippen LogP contribution in [0.15, 0.2) is 40.3 Å². The van der Waals surface area contributed by atoms with Crippen molar-refractivity contribution in [1.29, 1.82) is 5.26 Å². The van der Waals surface area contributed by atoms with E-state index in [1.165, 1.54) is 0 Å². The summed E-state index contributed by atoms with van der Waals surface area (Å²) in [4.78, 5) is 31.1. The van der Waals surface area contributed by atoms with Crippen LogP contribution in [-0.2, 0) is 9.53 Å². The van der Waals surface area contributed by atoms with Crippen LogP contribution in [0.2, 0.25) is 0 Å². The van der Waals surface area contributed by atoms with Crippen molar-refractivity contribution >= 4 is 17.7 Å². The molecule has 0 bridgehead atoms. The lowest BCUT2D eigenvalue weighted by Crippen LogP contribution is -2.21. The lowest BCUT2D eigenvalue weighted by atomic mass is 10.1. The zero-order valence-electron chi connectivity index (χ0n) is 13.4. The number of nitrogens with one attached hydrogen (secondary N) is 1. The topological polar surface area (TPSA) is 95.8 Å². The van der Waals surface area contributed by atoms with E-state index in [-0.39, 0.29) is 16.7 Å². The molecule has 1 heterocycles. The van der Waals surface area contributed by atoms with Gasteiger partial charge in [0.1, 0.15) is 16.9 Å². The van der Waals surface area contributed by atoms with E-state index in [4.69, 9.17) is 4.74 Å². The molecule has 0 saturated heterocycles. The average Bonchev–Trinajstić information content (AvgIpc) is 2.60. The zero-order valence-corrected chi connectivity index (χ0v) is 14.2. The largest absolute Gasteiger partial charge is 0.465 e. The van der Waals surface area contributed by atoms with Crippen molar-refractivity contribution in [2.75, 3.05) is 6.61 Å². The van der Waals surface area contributed by atoms with Crippen LogP contribution < -0.4 is 5.56 Å². The summed E-state index contributed by atoms with van der Waals surface area (Å²) in [6.07, 6.45) is 0.536. The van der Waals surface area contributed by atoms with Crippen molar-refractivity contribution in [3.05, 3.63) is 46.2 Å². The minimum atomic E-state index is -0.521. The van der Waals surface area contributed by atoms with Crippen LogP contribution in [0, 0.1) is 11.3 Å². The smallest absolute Gasteiger partial charge is 0.319 e. The van der Waals surface area contributed by atoms with Crippen LogP contribution in [0.1, 0.15) is 25.8 Å². The second-order valence-electron chi connectivity index (χ2n) is 4.84. The molecule has 0 amide bonds. The molecule has 0 aliphatic rings. The summed E-state index contributed by atoms with van der Waals surface area (Å²) < 4.78 is 5.03. The second-order valence-corrected chi connectivity index (χ2v) is 6.03. The first-order chi connectivity index (χ1) is 11.6. The van der Waals surface area contributed by atoms with E-state index < -0.39 is 10.8 Å². The molecule has 1 aromatic heterocycles. The molecule has 7 heteroatoms. The van der Waals surface area contributed by atoms with Crippen molar-refractivity contribution in [3.8, 4) is 17.3 Å². The van der Waals surface area contributed by atoms with E-state index in [1.807, 2.05) is 19.1 Å². The molecule has 0 spiro atoms. The SMILES string of the molecule is CCOC(=O)C(CC)Sc1nc(-c2ccccc2)c(C#N)c(=O)[nH]1. The highest BCUT2D eigenvalue weighted by Crippen LogP contribution is 2.26. The van der Waals surface area contributed by atoms with Gasteiger partial charge in [-0.25, -0.2) is 4.98 Å². The Morgan fingerprint density at radius 2 is 2.08 bits per heavy atom. The minimum Gasteiger partial charge on any atom is -0.465 e. The molecule has 1 unspecified atom stereocenters. The Bertz CT molecular complexity index is 812. The number of carbonyl (C=O) groups excluding carboxylic acids is 1. The molecule has 0 fully saturated rings. The van der Waals surface area contributed by atoms with E-state index >= 15 is 0 Å². The number of rotatable bonds is 6. The maximum atomic E-state index is 12.2. The first kappa shape index (κ1) is 17.8. The molecule has 124 valence electrons. The van der Waals surface area contributed by atoms with Crippen LogP contribution in [0.5, 0.6) is 0 Å². The van der Waals surface area contributed by atoms with E-state index in [0.717, 1.165) is 11.8 Å². The molecule has 1 aromatic carbocycles. The van der Waals surface area contributed by atoms with E-state index in [9.17, 15) is 14.9 Å². The third-order valence-electron chi connectivity index (χ3n) is 3.23. The third-order valence-corrected chi connectivity index (χ3v) is 4.46. The maximum absolute atomic E-state index is 12.2. The van der Waals surface area contributed by atoms with Gasteiger partial charge in [0.2, 0.25) is 0 Å². The summed E-state index contributed by atoms with van der Waals surface area (Å²) >= 11 is 1.13. The number of carbonyl (C=O) groups is 1. The summed E-state index contributed by atoms with van der Waals surface area (Å²) in [5.74, 6) is -0.349. The first-order valence-corrected chi connectivity index (χ1v) is 8.41. The summed E-state index contributed by atoms with van der Waals surface area (Å²) in [5, 5.41) is 9.07. The Morgan fingerprint density at radius 1 is 1.38 bits per heavy atom. The lowest BCUT2D eigenvalue weighted by Gasteiger charge is -2.13. The standard InChI is InChI=1S/C17H17N3O3S/c1-3-13(16(22)23-4-2)24-17-19-14(11-8-6-5-7-9-11)12(10-18)15(21)20-17/h5-9,13H,3-4H2,1-2H3,(H,19,20,21). The van der Waals surface area contributed by atoms with Gasteiger partial charge in [0.15, 0.2) is 5.16 Å². The lowest BCUT2D eigenvalue weighted by molar-refractivity contribution is -0.142. The first-order valence-electron chi connectivity index (χ1n) is 7.53. The molecule has 6 nitrogen and oxygen atoms in total. The predicted molar refractivity (Wildman–Crippen MR) is 91.6 cm³/mol. The van der Waals surface area contributed by atoms with Crippen LogP contribution in [0.4, 0.5) is 0 Å². The fraction of sp³-hybridized carbons (Fsp3) is 0.294. The molecule has 0 aliphatic carbocycles. The fourth-order valence-electron chi connectivity index (χ4n) is 2.09. The van der Waals surface area contributed by atoms with Crippen LogP contribution in [0.3, 0.4) is 0 Å². The number of nitriles is 1. The number of hydrogen-bond donors (Lipinski definition) is 1. The van der Waals surface area contributed by atoms with Gasteiger partial charge < -0.3 is 9.72 Å².